The Bertz CT molecular complexity index is 1250. The molecular formula is C24H22BrN3O5S. The second kappa shape index (κ2) is 12.0. The third kappa shape index (κ3) is 6.69. The van der Waals surface area contributed by atoms with Crippen LogP contribution in [0.15, 0.2) is 65.1 Å². The van der Waals surface area contributed by atoms with Gasteiger partial charge < -0.3 is 14.2 Å². The van der Waals surface area contributed by atoms with E-state index in [1.807, 2.05) is 30.3 Å². The standard InChI is InChI=1S/C24H22BrN3O5S/c1-31-18-10-7-15(13-20(18)32-2)8-12-21(29)26-24(34)28-27-22(30)14-33-19-11-9-16-5-3-4-6-17(16)23(19)25/h3-13H,14H2,1-2H3,(H,27,30)(H2,26,28,29,34)/b12-8+. The number of rotatable bonds is 7. The molecule has 0 atom stereocenters. The monoisotopic (exact) mass is 543 g/mol. The number of hydrazine groups is 1. The van der Waals surface area contributed by atoms with Gasteiger partial charge in [0, 0.05) is 6.08 Å². The second-order valence-corrected chi connectivity index (χ2v) is 8.03. The highest BCUT2D eigenvalue weighted by molar-refractivity contribution is 9.10. The predicted octanol–water partition coefficient (Wildman–Crippen LogP) is 3.73. The van der Waals surface area contributed by atoms with Crippen LogP contribution in [0, 0.1) is 0 Å². The zero-order chi connectivity index (χ0) is 24.5. The van der Waals surface area contributed by atoms with E-state index in [0.717, 1.165) is 20.8 Å². The topological polar surface area (TPSA) is 97.9 Å². The van der Waals surface area contributed by atoms with Crippen LogP contribution in [0.5, 0.6) is 17.2 Å². The number of benzene rings is 3. The number of hydrogen-bond donors (Lipinski definition) is 3. The molecule has 2 amide bonds. The van der Waals surface area contributed by atoms with Gasteiger partial charge in [-0.05, 0) is 68.8 Å². The van der Waals surface area contributed by atoms with Crippen molar-refractivity contribution in [3.05, 3.63) is 70.7 Å². The molecule has 176 valence electrons. The number of hydrogen-bond acceptors (Lipinski definition) is 6. The minimum atomic E-state index is -0.475. The van der Waals surface area contributed by atoms with E-state index in [9.17, 15) is 9.59 Å². The van der Waals surface area contributed by atoms with Crippen LogP contribution in [-0.4, -0.2) is 37.8 Å². The van der Waals surface area contributed by atoms with Crippen molar-refractivity contribution < 1.29 is 23.8 Å². The van der Waals surface area contributed by atoms with E-state index in [1.165, 1.54) is 13.2 Å². The van der Waals surface area contributed by atoms with Gasteiger partial charge >= 0.3 is 0 Å². The van der Waals surface area contributed by atoms with Gasteiger partial charge in [0.1, 0.15) is 5.75 Å². The van der Waals surface area contributed by atoms with Crippen LogP contribution in [0.4, 0.5) is 0 Å². The molecule has 8 nitrogen and oxygen atoms in total. The van der Waals surface area contributed by atoms with Crippen LogP contribution >= 0.6 is 28.1 Å². The number of halogens is 1. The summed E-state index contributed by atoms with van der Waals surface area (Å²) in [5.74, 6) is 0.713. The molecule has 0 fully saturated rings. The van der Waals surface area contributed by atoms with Gasteiger partial charge in [0.25, 0.3) is 5.91 Å². The Morgan fingerprint density at radius 2 is 1.71 bits per heavy atom. The van der Waals surface area contributed by atoms with Crippen molar-refractivity contribution in [3.8, 4) is 17.2 Å². The van der Waals surface area contributed by atoms with Gasteiger partial charge in [-0.2, -0.15) is 0 Å². The fourth-order valence-electron chi connectivity index (χ4n) is 2.94. The van der Waals surface area contributed by atoms with Gasteiger partial charge in [0.15, 0.2) is 23.2 Å². The molecule has 0 aromatic heterocycles. The molecule has 0 aliphatic heterocycles. The summed E-state index contributed by atoms with van der Waals surface area (Å²) in [6, 6.07) is 16.7. The Morgan fingerprint density at radius 3 is 2.47 bits per heavy atom. The lowest BCUT2D eigenvalue weighted by Crippen LogP contribution is -2.49. The van der Waals surface area contributed by atoms with Crippen LogP contribution in [-0.2, 0) is 9.59 Å². The fraction of sp³-hybridized carbons (Fsp3) is 0.125. The summed E-state index contributed by atoms with van der Waals surface area (Å²) in [5.41, 5.74) is 5.57. The normalized spacial score (nSPS) is 10.6. The van der Waals surface area contributed by atoms with E-state index in [-0.39, 0.29) is 11.7 Å². The highest BCUT2D eigenvalue weighted by Crippen LogP contribution is 2.33. The molecule has 0 aliphatic rings. The summed E-state index contributed by atoms with van der Waals surface area (Å²) in [6.07, 6.45) is 2.89. The molecule has 10 heteroatoms. The molecule has 0 radical (unpaired) electrons. The summed E-state index contributed by atoms with van der Waals surface area (Å²) >= 11 is 8.53. The maximum absolute atomic E-state index is 12.1. The van der Waals surface area contributed by atoms with Gasteiger partial charge in [0.05, 0.1) is 18.7 Å². The number of fused-ring (bicyclic) bond motifs is 1. The van der Waals surface area contributed by atoms with E-state index in [0.29, 0.717) is 17.2 Å². The minimum Gasteiger partial charge on any atom is -0.493 e. The molecular weight excluding hydrogens is 522 g/mol. The van der Waals surface area contributed by atoms with E-state index < -0.39 is 11.8 Å². The Morgan fingerprint density at radius 1 is 0.971 bits per heavy atom. The first kappa shape index (κ1) is 25.0. The van der Waals surface area contributed by atoms with Crippen molar-refractivity contribution in [2.24, 2.45) is 0 Å². The van der Waals surface area contributed by atoms with Crippen molar-refractivity contribution in [1.29, 1.82) is 0 Å². The number of ether oxygens (including phenoxy) is 3. The molecule has 0 saturated carbocycles. The quantitative estimate of drug-likeness (QED) is 0.237. The first-order chi connectivity index (χ1) is 16.4. The SMILES string of the molecule is COc1ccc(/C=C/C(=O)NC(=S)NNC(=O)COc2ccc3ccccc3c2Br)cc1OC. The van der Waals surface area contributed by atoms with Crippen LogP contribution in [0.25, 0.3) is 16.8 Å². The minimum absolute atomic E-state index is 0.0674. The molecule has 0 aliphatic carbocycles. The van der Waals surface area contributed by atoms with Crippen molar-refractivity contribution in [2.75, 3.05) is 20.8 Å². The Balaban J connectivity index is 1.44. The van der Waals surface area contributed by atoms with Gasteiger partial charge in [-0.15, -0.1) is 0 Å². The number of carbonyl (C=O) groups excluding carboxylic acids is 2. The van der Waals surface area contributed by atoms with Crippen LogP contribution in [0.2, 0.25) is 0 Å². The molecule has 3 aromatic rings. The van der Waals surface area contributed by atoms with E-state index in [2.05, 4.69) is 32.1 Å². The van der Waals surface area contributed by atoms with Gasteiger partial charge in [-0.25, -0.2) is 0 Å². The van der Waals surface area contributed by atoms with Crippen molar-refractivity contribution in [2.45, 2.75) is 0 Å². The smallest absolute Gasteiger partial charge is 0.276 e. The fourth-order valence-corrected chi connectivity index (χ4v) is 3.70. The molecule has 0 unspecified atom stereocenters. The number of carbonyl (C=O) groups is 2. The molecule has 0 bridgehead atoms. The van der Waals surface area contributed by atoms with Crippen molar-refractivity contribution >= 4 is 61.9 Å². The summed E-state index contributed by atoms with van der Waals surface area (Å²) in [6.45, 7) is -0.250. The molecule has 0 heterocycles. The zero-order valence-corrected chi connectivity index (χ0v) is 20.8. The van der Waals surface area contributed by atoms with Crippen LogP contribution in [0.3, 0.4) is 0 Å². The second-order valence-electron chi connectivity index (χ2n) is 6.83. The average molecular weight is 544 g/mol. The largest absolute Gasteiger partial charge is 0.493 e. The Hall–Kier alpha value is -3.63. The molecule has 3 N–H and O–H groups in total. The number of methoxy groups -OCH3 is 2. The molecule has 3 rings (SSSR count). The third-order valence-electron chi connectivity index (χ3n) is 4.57. The first-order valence-electron chi connectivity index (χ1n) is 10.0. The zero-order valence-electron chi connectivity index (χ0n) is 18.4. The summed E-state index contributed by atoms with van der Waals surface area (Å²) in [7, 11) is 3.07. The molecule has 34 heavy (non-hydrogen) atoms. The number of thiocarbonyl (C=S) groups is 1. The summed E-state index contributed by atoms with van der Waals surface area (Å²) in [5, 5.41) is 4.39. The predicted molar refractivity (Wildman–Crippen MR) is 138 cm³/mol. The maximum Gasteiger partial charge on any atom is 0.276 e. The highest BCUT2D eigenvalue weighted by Gasteiger charge is 2.09. The van der Waals surface area contributed by atoms with Gasteiger partial charge in [-0.3, -0.25) is 25.8 Å². The summed E-state index contributed by atoms with van der Waals surface area (Å²) in [4.78, 5) is 24.2. The lowest BCUT2D eigenvalue weighted by atomic mass is 10.1. The van der Waals surface area contributed by atoms with E-state index in [1.54, 1.807) is 37.5 Å². The van der Waals surface area contributed by atoms with E-state index in [4.69, 9.17) is 26.4 Å². The van der Waals surface area contributed by atoms with Crippen LogP contribution in [0.1, 0.15) is 5.56 Å². The van der Waals surface area contributed by atoms with Crippen molar-refractivity contribution in [1.82, 2.24) is 16.2 Å². The van der Waals surface area contributed by atoms with Gasteiger partial charge in [-0.1, -0.05) is 36.4 Å². The third-order valence-corrected chi connectivity index (χ3v) is 5.60. The Labute approximate surface area is 210 Å². The molecule has 0 spiro atoms. The Kier molecular flexibility index (Phi) is 8.83. The molecule has 3 aromatic carbocycles. The van der Waals surface area contributed by atoms with Crippen molar-refractivity contribution in [3.63, 3.8) is 0 Å². The van der Waals surface area contributed by atoms with Crippen LogP contribution < -0.4 is 30.4 Å². The molecule has 0 saturated heterocycles. The number of nitrogens with one attached hydrogen (secondary N) is 3. The first-order valence-corrected chi connectivity index (χ1v) is 11.2. The summed E-state index contributed by atoms with van der Waals surface area (Å²) < 4.78 is 16.8. The lowest BCUT2D eigenvalue weighted by molar-refractivity contribution is -0.123. The number of amides is 2. The van der Waals surface area contributed by atoms with E-state index >= 15 is 0 Å². The highest BCUT2D eigenvalue weighted by atomic mass is 79.9. The average Bonchev–Trinajstić information content (AvgIpc) is 2.85. The maximum atomic E-state index is 12.1. The lowest BCUT2D eigenvalue weighted by Gasteiger charge is -2.12. The van der Waals surface area contributed by atoms with Gasteiger partial charge in [0.2, 0.25) is 5.91 Å².